The van der Waals surface area contributed by atoms with Crippen LogP contribution in [0.15, 0.2) is 22.7 Å². The van der Waals surface area contributed by atoms with Crippen LogP contribution in [-0.4, -0.2) is 11.5 Å². The lowest BCUT2D eigenvalue weighted by Gasteiger charge is -2.24. The van der Waals surface area contributed by atoms with Crippen molar-refractivity contribution in [2.45, 2.75) is 18.9 Å². The Balaban J connectivity index is 3.19. The molecule has 14 heavy (non-hydrogen) atoms. The maximum absolute atomic E-state index is 12.5. The molecule has 3 N–H and O–H groups in total. The average molecular weight is 266 g/mol. The van der Waals surface area contributed by atoms with E-state index in [9.17, 15) is 13.9 Å². The Bertz CT molecular complexity index is 342. The van der Waals surface area contributed by atoms with Gasteiger partial charge in [-0.05, 0) is 19.1 Å². The molecule has 78 valence electrons. The van der Waals surface area contributed by atoms with Crippen molar-refractivity contribution >= 4 is 15.9 Å². The maximum atomic E-state index is 12.5. The topological polar surface area (TPSA) is 46.2 Å². The van der Waals surface area contributed by atoms with Crippen LogP contribution in [0.25, 0.3) is 0 Å². The van der Waals surface area contributed by atoms with E-state index >= 15 is 0 Å². The largest absolute Gasteiger partial charge is 0.508 e. The van der Waals surface area contributed by atoms with E-state index < -0.39 is 12.0 Å². The van der Waals surface area contributed by atoms with Crippen LogP contribution in [0, 0.1) is 0 Å². The molecule has 0 fully saturated rings. The summed E-state index contributed by atoms with van der Waals surface area (Å²) in [5.74, 6) is -0.232. The standard InChI is InChI=1S/C9H10BrF2NO/c1-9(13,8(11)12)6-3-2-5(10)4-7(6)14/h2-4,8,14H,13H2,1H3. The number of rotatable bonds is 2. The van der Waals surface area contributed by atoms with E-state index in [0.29, 0.717) is 4.47 Å². The van der Waals surface area contributed by atoms with Crippen molar-refractivity contribution in [3.8, 4) is 5.75 Å². The van der Waals surface area contributed by atoms with E-state index in [2.05, 4.69) is 15.9 Å². The van der Waals surface area contributed by atoms with Crippen LogP contribution in [0.3, 0.4) is 0 Å². The zero-order chi connectivity index (χ0) is 10.9. The number of nitrogens with two attached hydrogens (primary N) is 1. The molecule has 0 spiro atoms. The second kappa shape index (κ2) is 3.82. The van der Waals surface area contributed by atoms with Crippen molar-refractivity contribution in [2.24, 2.45) is 5.73 Å². The molecule has 0 radical (unpaired) electrons. The first-order valence-electron chi connectivity index (χ1n) is 3.91. The van der Waals surface area contributed by atoms with Crippen molar-refractivity contribution in [3.05, 3.63) is 28.2 Å². The number of phenols is 1. The summed E-state index contributed by atoms with van der Waals surface area (Å²) in [6.07, 6.45) is -2.73. The molecular weight excluding hydrogens is 256 g/mol. The van der Waals surface area contributed by atoms with E-state index in [-0.39, 0.29) is 11.3 Å². The van der Waals surface area contributed by atoms with Gasteiger partial charge < -0.3 is 10.8 Å². The Morgan fingerprint density at radius 3 is 2.50 bits per heavy atom. The molecule has 0 amide bonds. The van der Waals surface area contributed by atoms with Crippen LogP contribution in [0.4, 0.5) is 8.78 Å². The van der Waals surface area contributed by atoms with Gasteiger partial charge in [0.25, 0.3) is 6.43 Å². The molecule has 0 saturated carbocycles. The highest BCUT2D eigenvalue weighted by atomic mass is 79.9. The Kier molecular flexibility index (Phi) is 3.11. The monoisotopic (exact) mass is 265 g/mol. The minimum absolute atomic E-state index is 0.0377. The van der Waals surface area contributed by atoms with Crippen LogP contribution < -0.4 is 5.73 Å². The Labute approximate surface area is 88.9 Å². The average Bonchev–Trinajstić information content (AvgIpc) is 2.02. The van der Waals surface area contributed by atoms with Gasteiger partial charge in [0.05, 0.1) is 0 Å². The molecule has 5 heteroatoms. The smallest absolute Gasteiger partial charge is 0.260 e. The second-order valence-corrected chi connectivity index (χ2v) is 4.16. The van der Waals surface area contributed by atoms with Crippen molar-refractivity contribution in [1.29, 1.82) is 0 Å². The summed E-state index contributed by atoms with van der Waals surface area (Å²) in [5.41, 5.74) is 3.62. The normalized spacial score (nSPS) is 15.6. The van der Waals surface area contributed by atoms with E-state index in [4.69, 9.17) is 5.73 Å². The SMILES string of the molecule is CC(N)(c1ccc(Br)cc1O)C(F)F. The van der Waals surface area contributed by atoms with Gasteiger partial charge in [-0.25, -0.2) is 8.78 Å². The zero-order valence-corrected chi connectivity index (χ0v) is 9.05. The first-order valence-corrected chi connectivity index (χ1v) is 4.71. The first kappa shape index (κ1) is 11.4. The summed E-state index contributed by atoms with van der Waals surface area (Å²) in [6, 6.07) is 4.27. The summed E-state index contributed by atoms with van der Waals surface area (Å²) < 4.78 is 25.7. The van der Waals surface area contributed by atoms with E-state index in [1.54, 1.807) is 6.07 Å². The molecule has 0 saturated heterocycles. The molecule has 1 aromatic carbocycles. The van der Waals surface area contributed by atoms with Crippen molar-refractivity contribution in [3.63, 3.8) is 0 Å². The van der Waals surface area contributed by atoms with Crippen molar-refractivity contribution < 1.29 is 13.9 Å². The number of aromatic hydroxyl groups is 1. The van der Waals surface area contributed by atoms with E-state index in [0.717, 1.165) is 0 Å². The third kappa shape index (κ3) is 2.04. The number of hydrogen-bond donors (Lipinski definition) is 2. The minimum atomic E-state index is -2.73. The van der Waals surface area contributed by atoms with Crippen LogP contribution >= 0.6 is 15.9 Å². The maximum Gasteiger partial charge on any atom is 0.260 e. The second-order valence-electron chi connectivity index (χ2n) is 3.24. The van der Waals surface area contributed by atoms with Crippen LogP contribution in [-0.2, 0) is 5.54 Å². The molecular formula is C9H10BrF2NO. The first-order chi connectivity index (χ1) is 6.35. The van der Waals surface area contributed by atoms with Crippen molar-refractivity contribution in [2.75, 3.05) is 0 Å². The molecule has 0 aromatic heterocycles. The fourth-order valence-corrected chi connectivity index (χ4v) is 1.43. The number of benzene rings is 1. The summed E-state index contributed by atoms with van der Waals surface area (Å²) in [5, 5.41) is 9.43. The van der Waals surface area contributed by atoms with Gasteiger partial charge in [-0.1, -0.05) is 22.0 Å². The zero-order valence-electron chi connectivity index (χ0n) is 7.47. The van der Waals surface area contributed by atoms with Crippen LogP contribution in [0.1, 0.15) is 12.5 Å². The molecule has 1 unspecified atom stereocenters. The molecule has 1 aromatic rings. The van der Waals surface area contributed by atoms with Crippen LogP contribution in [0.5, 0.6) is 5.75 Å². The van der Waals surface area contributed by atoms with Crippen LogP contribution in [0.2, 0.25) is 0 Å². The third-order valence-corrected chi connectivity index (χ3v) is 2.49. The number of halogens is 3. The lowest BCUT2D eigenvalue weighted by atomic mass is 9.93. The molecule has 2 nitrogen and oxygen atoms in total. The fourth-order valence-electron chi connectivity index (χ4n) is 1.08. The molecule has 1 atom stereocenters. The highest BCUT2D eigenvalue weighted by Gasteiger charge is 2.34. The van der Waals surface area contributed by atoms with E-state index in [1.807, 2.05) is 0 Å². The predicted molar refractivity (Wildman–Crippen MR) is 53.4 cm³/mol. The molecule has 0 aliphatic carbocycles. The minimum Gasteiger partial charge on any atom is -0.508 e. The van der Waals surface area contributed by atoms with Gasteiger partial charge >= 0.3 is 0 Å². The highest BCUT2D eigenvalue weighted by molar-refractivity contribution is 9.10. The summed E-state index contributed by atoms with van der Waals surface area (Å²) >= 11 is 3.11. The Hall–Kier alpha value is -0.680. The van der Waals surface area contributed by atoms with E-state index in [1.165, 1.54) is 19.1 Å². The fraction of sp³-hybridized carbons (Fsp3) is 0.333. The lowest BCUT2D eigenvalue weighted by molar-refractivity contribution is 0.0611. The molecule has 0 heterocycles. The summed E-state index contributed by atoms with van der Waals surface area (Å²) in [6.45, 7) is 1.18. The van der Waals surface area contributed by atoms with Gasteiger partial charge in [0.1, 0.15) is 11.3 Å². The summed E-state index contributed by atoms with van der Waals surface area (Å²) in [7, 11) is 0. The Morgan fingerprint density at radius 2 is 2.07 bits per heavy atom. The van der Waals surface area contributed by atoms with Gasteiger partial charge in [-0.2, -0.15) is 0 Å². The molecule has 0 aliphatic heterocycles. The number of alkyl halides is 2. The molecule has 1 rings (SSSR count). The molecule has 0 bridgehead atoms. The number of hydrogen-bond acceptors (Lipinski definition) is 2. The van der Waals surface area contributed by atoms with Gasteiger partial charge in [-0.3, -0.25) is 0 Å². The van der Waals surface area contributed by atoms with Gasteiger partial charge in [0.2, 0.25) is 0 Å². The molecule has 0 aliphatic rings. The number of phenolic OH excluding ortho intramolecular Hbond substituents is 1. The lowest BCUT2D eigenvalue weighted by Crippen LogP contribution is -2.40. The third-order valence-electron chi connectivity index (χ3n) is 1.99. The predicted octanol–water partition coefficient (Wildman–Crippen LogP) is 2.59. The summed E-state index contributed by atoms with van der Waals surface area (Å²) in [4.78, 5) is 0. The van der Waals surface area contributed by atoms with Crippen molar-refractivity contribution in [1.82, 2.24) is 0 Å². The van der Waals surface area contributed by atoms with Gasteiger partial charge in [-0.15, -0.1) is 0 Å². The van der Waals surface area contributed by atoms with Gasteiger partial charge in [0.15, 0.2) is 0 Å². The highest BCUT2D eigenvalue weighted by Crippen LogP contribution is 2.33. The quantitative estimate of drug-likeness (QED) is 0.864. The van der Waals surface area contributed by atoms with Gasteiger partial charge in [0, 0.05) is 10.0 Å². The Morgan fingerprint density at radius 1 is 1.50 bits per heavy atom.